The zero-order valence-electron chi connectivity index (χ0n) is 10.4. The van der Waals surface area contributed by atoms with Crippen LogP contribution in [0.25, 0.3) is 0 Å². The minimum absolute atomic E-state index is 0.683. The molecule has 1 aliphatic rings. The van der Waals surface area contributed by atoms with Crippen molar-refractivity contribution in [3.63, 3.8) is 0 Å². The van der Waals surface area contributed by atoms with Crippen molar-refractivity contribution in [2.24, 2.45) is 11.8 Å². The monoisotopic (exact) mass is 198 g/mol. The summed E-state index contributed by atoms with van der Waals surface area (Å²) in [5.74, 6) is 1.58. The van der Waals surface area contributed by atoms with Gasteiger partial charge in [0.05, 0.1) is 0 Å². The Morgan fingerprint density at radius 1 is 1.29 bits per heavy atom. The van der Waals surface area contributed by atoms with E-state index in [1.165, 1.54) is 13.0 Å². The average molecular weight is 198 g/mol. The van der Waals surface area contributed by atoms with Gasteiger partial charge in [0.25, 0.3) is 0 Å². The molecular weight excluding hydrogens is 172 g/mol. The first-order chi connectivity index (χ1) is 6.54. The van der Waals surface area contributed by atoms with Crippen molar-refractivity contribution in [3.05, 3.63) is 0 Å². The highest BCUT2D eigenvalue weighted by molar-refractivity contribution is 4.85. The average Bonchev–Trinajstić information content (AvgIpc) is 2.16. The van der Waals surface area contributed by atoms with Gasteiger partial charge in [-0.2, -0.15) is 0 Å². The first-order valence-electron chi connectivity index (χ1n) is 5.96. The molecule has 14 heavy (non-hydrogen) atoms. The van der Waals surface area contributed by atoms with Gasteiger partial charge >= 0.3 is 0 Å². The molecule has 0 spiro atoms. The lowest BCUT2D eigenvalue weighted by molar-refractivity contribution is 0.0921. The van der Waals surface area contributed by atoms with Crippen LogP contribution in [0.1, 0.15) is 34.1 Å². The summed E-state index contributed by atoms with van der Waals surface area (Å²) in [4.78, 5) is 2.56. The van der Waals surface area contributed by atoms with Crippen LogP contribution in [0, 0.1) is 11.8 Å². The van der Waals surface area contributed by atoms with Gasteiger partial charge in [-0.3, -0.25) is 4.90 Å². The maximum absolute atomic E-state index is 3.50. The van der Waals surface area contributed by atoms with Gasteiger partial charge in [0.15, 0.2) is 0 Å². The third kappa shape index (κ3) is 2.71. The van der Waals surface area contributed by atoms with Gasteiger partial charge < -0.3 is 5.32 Å². The minimum Gasteiger partial charge on any atom is -0.315 e. The van der Waals surface area contributed by atoms with E-state index in [1.54, 1.807) is 0 Å². The molecule has 0 bridgehead atoms. The second-order valence-corrected chi connectivity index (χ2v) is 5.19. The number of piperidine rings is 1. The minimum atomic E-state index is 0.683. The summed E-state index contributed by atoms with van der Waals surface area (Å²) in [7, 11) is 2.28. The molecule has 84 valence electrons. The van der Waals surface area contributed by atoms with Gasteiger partial charge in [-0.05, 0) is 38.8 Å². The molecule has 3 unspecified atom stereocenters. The van der Waals surface area contributed by atoms with Crippen LogP contribution in [0.3, 0.4) is 0 Å². The van der Waals surface area contributed by atoms with Crippen molar-refractivity contribution < 1.29 is 0 Å². The Kier molecular flexibility index (Phi) is 4.39. The molecule has 1 rings (SSSR count). The molecule has 0 amide bonds. The summed E-state index contributed by atoms with van der Waals surface area (Å²) in [5.41, 5.74) is 0. The molecule has 0 radical (unpaired) electrons. The van der Waals surface area contributed by atoms with Gasteiger partial charge in [-0.15, -0.1) is 0 Å². The largest absolute Gasteiger partial charge is 0.315 e. The summed E-state index contributed by atoms with van der Waals surface area (Å²) in [6, 6.07) is 1.41. The van der Waals surface area contributed by atoms with Gasteiger partial charge in [0.1, 0.15) is 0 Å². The fraction of sp³-hybridized carbons (Fsp3) is 1.00. The van der Waals surface area contributed by atoms with Crippen LogP contribution in [-0.4, -0.2) is 37.1 Å². The molecule has 0 aromatic rings. The normalized spacial score (nSPS) is 31.1. The van der Waals surface area contributed by atoms with Crippen LogP contribution in [0.15, 0.2) is 0 Å². The molecule has 0 aromatic heterocycles. The third-order valence-electron chi connectivity index (χ3n) is 3.92. The maximum Gasteiger partial charge on any atom is 0.0246 e. The van der Waals surface area contributed by atoms with E-state index < -0.39 is 0 Å². The molecule has 0 aliphatic carbocycles. The third-order valence-corrected chi connectivity index (χ3v) is 3.92. The summed E-state index contributed by atoms with van der Waals surface area (Å²) < 4.78 is 0. The molecule has 1 saturated heterocycles. The lowest BCUT2D eigenvalue weighted by Gasteiger charge is -2.41. The number of hydrogen-bond donors (Lipinski definition) is 1. The fourth-order valence-corrected chi connectivity index (χ4v) is 2.29. The summed E-state index contributed by atoms with van der Waals surface area (Å²) in [6.45, 7) is 11.7. The van der Waals surface area contributed by atoms with Crippen molar-refractivity contribution in [2.75, 3.05) is 20.1 Å². The molecule has 1 aliphatic heterocycles. The summed E-state index contributed by atoms with van der Waals surface area (Å²) in [5, 5.41) is 3.50. The van der Waals surface area contributed by atoms with E-state index in [9.17, 15) is 0 Å². The number of nitrogens with one attached hydrogen (secondary N) is 1. The first-order valence-corrected chi connectivity index (χ1v) is 5.96. The van der Waals surface area contributed by atoms with E-state index in [1.807, 2.05) is 0 Å². The lowest BCUT2D eigenvalue weighted by Crippen LogP contribution is -2.52. The second-order valence-electron chi connectivity index (χ2n) is 5.19. The van der Waals surface area contributed by atoms with Gasteiger partial charge in [-0.25, -0.2) is 0 Å². The Morgan fingerprint density at radius 2 is 1.93 bits per heavy atom. The van der Waals surface area contributed by atoms with Crippen LogP contribution < -0.4 is 5.32 Å². The number of rotatable bonds is 3. The topological polar surface area (TPSA) is 15.3 Å². The number of hydrogen-bond acceptors (Lipinski definition) is 2. The van der Waals surface area contributed by atoms with Crippen LogP contribution in [-0.2, 0) is 0 Å². The zero-order chi connectivity index (χ0) is 10.7. The highest BCUT2D eigenvalue weighted by Crippen LogP contribution is 2.20. The van der Waals surface area contributed by atoms with E-state index in [-0.39, 0.29) is 0 Å². The quantitative estimate of drug-likeness (QED) is 0.746. The predicted octanol–water partition coefficient (Wildman–Crippen LogP) is 1.96. The molecular formula is C12H26N2. The number of likely N-dealkylation sites (N-methyl/N-ethyl adjacent to an activating group) is 1. The molecule has 1 heterocycles. The molecule has 1 fully saturated rings. The molecule has 1 N–H and O–H groups in total. The van der Waals surface area contributed by atoms with Gasteiger partial charge in [0.2, 0.25) is 0 Å². The standard InChI is InChI=1S/C12H26N2/c1-9(2)11(4)14(5)12-8-13-7-6-10(12)3/h9-13H,6-8H2,1-5H3. The Labute approximate surface area is 89.1 Å². The van der Waals surface area contributed by atoms with E-state index in [0.29, 0.717) is 6.04 Å². The van der Waals surface area contributed by atoms with Gasteiger partial charge in [-0.1, -0.05) is 20.8 Å². The summed E-state index contributed by atoms with van der Waals surface area (Å²) >= 11 is 0. The second kappa shape index (κ2) is 5.13. The van der Waals surface area contributed by atoms with E-state index in [4.69, 9.17) is 0 Å². The predicted molar refractivity (Wildman–Crippen MR) is 62.5 cm³/mol. The fourth-order valence-electron chi connectivity index (χ4n) is 2.29. The van der Waals surface area contributed by atoms with Crippen LogP contribution >= 0.6 is 0 Å². The first kappa shape index (κ1) is 12.0. The van der Waals surface area contributed by atoms with Crippen molar-refractivity contribution in [2.45, 2.75) is 46.2 Å². The van der Waals surface area contributed by atoms with Crippen LogP contribution in [0.4, 0.5) is 0 Å². The lowest BCUT2D eigenvalue weighted by atomic mass is 9.91. The van der Waals surface area contributed by atoms with E-state index in [2.05, 4.69) is 45.0 Å². The van der Waals surface area contributed by atoms with E-state index in [0.717, 1.165) is 24.4 Å². The Hall–Kier alpha value is -0.0800. The maximum atomic E-state index is 3.50. The molecule has 0 aromatic carbocycles. The molecule has 2 nitrogen and oxygen atoms in total. The smallest absolute Gasteiger partial charge is 0.0246 e. The highest BCUT2D eigenvalue weighted by Gasteiger charge is 2.28. The van der Waals surface area contributed by atoms with Crippen molar-refractivity contribution >= 4 is 0 Å². The van der Waals surface area contributed by atoms with Crippen LogP contribution in [0.5, 0.6) is 0 Å². The van der Waals surface area contributed by atoms with Crippen molar-refractivity contribution in [3.8, 4) is 0 Å². The Bertz CT molecular complexity index is 168. The van der Waals surface area contributed by atoms with Crippen molar-refractivity contribution in [1.82, 2.24) is 10.2 Å². The molecule has 3 atom stereocenters. The van der Waals surface area contributed by atoms with E-state index >= 15 is 0 Å². The zero-order valence-corrected chi connectivity index (χ0v) is 10.4. The SMILES string of the molecule is CC(C)C(C)N(C)C1CNCCC1C. The highest BCUT2D eigenvalue weighted by atomic mass is 15.2. The molecule has 0 saturated carbocycles. The van der Waals surface area contributed by atoms with Crippen LogP contribution in [0.2, 0.25) is 0 Å². The molecule has 2 heteroatoms. The number of nitrogens with zero attached hydrogens (tertiary/aromatic N) is 1. The Balaban J connectivity index is 2.53. The summed E-state index contributed by atoms with van der Waals surface area (Å²) in [6.07, 6.45) is 1.32. The van der Waals surface area contributed by atoms with Gasteiger partial charge in [0, 0.05) is 18.6 Å². The van der Waals surface area contributed by atoms with Crippen molar-refractivity contribution in [1.29, 1.82) is 0 Å². The Morgan fingerprint density at radius 3 is 2.43 bits per heavy atom.